The molecule has 4 rings (SSSR count). The Morgan fingerprint density at radius 1 is 1.17 bits per heavy atom. The number of hydrazine groups is 1. The second kappa shape index (κ2) is 13.2. The number of rotatable bonds is 10. The lowest BCUT2D eigenvalue weighted by Gasteiger charge is -2.21. The summed E-state index contributed by atoms with van der Waals surface area (Å²) in [6.45, 7) is 2.52. The Kier molecular flexibility index (Phi) is 9.69. The molecule has 12 heteroatoms. The van der Waals surface area contributed by atoms with Crippen molar-refractivity contribution in [3.63, 3.8) is 0 Å². The van der Waals surface area contributed by atoms with Crippen molar-refractivity contribution >= 4 is 17.3 Å². The number of alkyl halides is 3. The number of ether oxygens (including phenoxy) is 2. The van der Waals surface area contributed by atoms with Gasteiger partial charge in [-0.3, -0.25) is 9.80 Å². The van der Waals surface area contributed by atoms with Crippen LogP contribution in [0.2, 0.25) is 0 Å². The number of carbonyl (C=O) groups excluding carboxylic acids is 1. The molecule has 0 aromatic heterocycles. The number of benzene rings is 2. The van der Waals surface area contributed by atoms with Gasteiger partial charge in [-0.05, 0) is 55.7 Å². The first kappa shape index (κ1) is 30.8. The van der Waals surface area contributed by atoms with Crippen molar-refractivity contribution in [2.24, 2.45) is 11.6 Å². The number of nitrogens with one attached hydrogen (secondary N) is 3. The van der Waals surface area contributed by atoms with Crippen LogP contribution in [-0.2, 0) is 17.5 Å². The molecule has 0 spiro atoms. The van der Waals surface area contributed by atoms with Crippen molar-refractivity contribution in [3.8, 4) is 5.75 Å². The highest BCUT2D eigenvalue weighted by atomic mass is 19.4. The van der Waals surface area contributed by atoms with E-state index in [9.17, 15) is 18.0 Å². The molecule has 1 amide bonds. The van der Waals surface area contributed by atoms with Gasteiger partial charge in [0, 0.05) is 41.7 Å². The van der Waals surface area contributed by atoms with Gasteiger partial charge >= 0.3 is 6.18 Å². The van der Waals surface area contributed by atoms with E-state index in [2.05, 4.69) is 16.0 Å². The van der Waals surface area contributed by atoms with Crippen LogP contribution < -0.4 is 37.3 Å². The first-order valence-electron chi connectivity index (χ1n) is 13.6. The Bertz CT molecular complexity index is 1400. The Labute approximate surface area is 243 Å². The molecule has 7 N–H and O–H groups in total. The second-order valence-electron chi connectivity index (χ2n) is 10.3. The average molecular weight is 587 g/mol. The zero-order chi connectivity index (χ0) is 30.4. The molecule has 0 saturated heterocycles. The fourth-order valence-corrected chi connectivity index (χ4v) is 5.04. The summed E-state index contributed by atoms with van der Waals surface area (Å²) in [6.07, 6.45) is 4.52. The van der Waals surface area contributed by atoms with Crippen LogP contribution in [-0.4, -0.2) is 32.7 Å². The van der Waals surface area contributed by atoms with Gasteiger partial charge in [-0.15, -0.1) is 0 Å². The Morgan fingerprint density at radius 3 is 2.57 bits per heavy atom. The van der Waals surface area contributed by atoms with Crippen LogP contribution >= 0.6 is 0 Å². The number of allylic oxidation sites excluding steroid dienone is 1. The molecule has 2 aromatic carbocycles. The molecular formula is C30H37F3N6O3. The monoisotopic (exact) mass is 586 g/mol. The van der Waals surface area contributed by atoms with Gasteiger partial charge in [-0.1, -0.05) is 18.9 Å². The summed E-state index contributed by atoms with van der Waals surface area (Å²) in [5.74, 6) is 6.55. The van der Waals surface area contributed by atoms with Crippen molar-refractivity contribution < 1.29 is 27.4 Å². The summed E-state index contributed by atoms with van der Waals surface area (Å²) in [5.41, 5.74) is 8.03. The summed E-state index contributed by atoms with van der Waals surface area (Å²) in [5, 5.41) is 10.3. The highest BCUT2D eigenvalue weighted by Gasteiger charge is 2.33. The highest BCUT2D eigenvalue weighted by Crippen LogP contribution is 2.38. The fraction of sp³-hybridized carbons (Fsp3) is 0.367. The third kappa shape index (κ3) is 7.37. The van der Waals surface area contributed by atoms with Crippen LogP contribution in [0.1, 0.15) is 52.7 Å². The molecule has 1 saturated carbocycles. The number of halogens is 3. The average Bonchev–Trinajstić information content (AvgIpc) is 3.49. The number of aryl methyl sites for hydroxylation is 1. The number of dihydropyridines is 1. The molecule has 0 atom stereocenters. The summed E-state index contributed by atoms with van der Waals surface area (Å²) in [7, 11) is 2.93. The maximum Gasteiger partial charge on any atom is 0.416 e. The summed E-state index contributed by atoms with van der Waals surface area (Å²) >= 11 is 0. The topological polar surface area (TPSA) is 127 Å². The lowest BCUT2D eigenvalue weighted by molar-refractivity contribution is -0.137. The van der Waals surface area contributed by atoms with Gasteiger partial charge in [-0.2, -0.15) is 13.2 Å². The molecular weight excluding hydrogens is 549 g/mol. The van der Waals surface area contributed by atoms with Gasteiger partial charge in [-0.25, -0.2) is 5.84 Å². The molecule has 226 valence electrons. The van der Waals surface area contributed by atoms with Gasteiger partial charge in [0.2, 0.25) is 0 Å². The number of amides is 1. The van der Waals surface area contributed by atoms with Crippen LogP contribution in [0.25, 0.3) is 0 Å². The summed E-state index contributed by atoms with van der Waals surface area (Å²) in [6, 6.07) is 6.99. The number of hydrogen-bond donors (Lipinski definition) is 5. The van der Waals surface area contributed by atoms with Gasteiger partial charge in [0.25, 0.3) is 5.91 Å². The maximum atomic E-state index is 13.8. The predicted molar refractivity (Wildman–Crippen MR) is 156 cm³/mol. The van der Waals surface area contributed by atoms with Gasteiger partial charge in [0.1, 0.15) is 11.5 Å². The number of carbonyl (C=O) groups is 1. The molecule has 9 nitrogen and oxygen atoms in total. The van der Waals surface area contributed by atoms with E-state index in [1.165, 1.54) is 18.3 Å². The highest BCUT2D eigenvalue weighted by molar-refractivity contribution is 6.06. The quantitative estimate of drug-likeness (QED) is 0.199. The largest absolute Gasteiger partial charge is 0.499 e. The number of nitrogens with two attached hydrogens (primary N) is 2. The van der Waals surface area contributed by atoms with Crippen molar-refractivity contribution in [2.45, 2.75) is 51.4 Å². The van der Waals surface area contributed by atoms with Crippen LogP contribution in [0.3, 0.4) is 0 Å². The third-order valence-electron chi connectivity index (χ3n) is 7.36. The second-order valence-corrected chi connectivity index (χ2v) is 10.3. The molecule has 0 radical (unpaired) electrons. The van der Waals surface area contributed by atoms with Crippen molar-refractivity contribution in [2.75, 3.05) is 31.1 Å². The van der Waals surface area contributed by atoms with E-state index < -0.39 is 17.6 Å². The standard InChI is InChI=1S/C30H37F3N6O3/c1-18-8-9-19(12-27(18)39(35)17-25(34)20-11-24(41-2)16-36-14-20)29(40)38-26-13-22(30(31,32)33)10-21(28(26)42-3)15-37-23-6-4-5-7-23/h8-14,17,23,36-37H,4-7,15-16,34-35H2,1-3H3,(H,38,40)/b25-17-. The first-order chi connectivity index (χ1) is 20.0. The van der Waals surface area contributed by atoms with E-state index in [1.807, 2.05) is 6.92 Å². The molecule has 1 heterocycles. The molecule has 2 aromatic rings. The van der Waals surface area contributed by atoms with E-state index >= 15 is 0 Å². The van der Waals surface area contributed by atoms with Crippen molar-refractivity contribution in [3.05, 3.63) is 88.1 Å². The zero-order valence-corrected chi connectivity index (χ0v) is 23.9. The van der Waals surface area contributed by atoms with E-state index in [0.717, 1.165) is 43.4 Å². The predicted octanol–water partition coefficient (Wildman–Crippen LogP) is 4.80. The minimum absolute atomic E-state index is 0.0751. The third-order valence-corrected chi connectivity index (χ3v) is 7.36. The minimum atomic E-state index is -4.61. The first-order valence-corrected chi connectivity index (χ1v) is 13.6. The lowest BCUT2D eigenvalue weighted by Crippen LogP contribution is -2.28. The maximum absolute atomic E-state index is 13.8. The van der Waals surface area contributed by atoms with E-state index in [0.29, 0.717) is 34.8 Å². The van der Waals surface area contributed by atoms with E-state index in [1.54, 1.807) is 37.6 Å². The van der Waals surface area contributed by atoms with Crippen molar-refractivity contribution in [1.82, 2.24) is 10.6 Å². The number of hydrogen-bond acceptors (Lipinski definition) is 8. The molecule has 2 aliphatic rings. The van der Waals surface area contributed by atoms with Crippen molar-refractivity contribution in [1.29, 1.82) is 0 Å². The lowest BCUT2D eigenvalue weighted by atomic mass is 10.0. The normalized spacial score (nSPS) is 15.9. The van der Waals surface area contributed by atoms with Crippen LogP contribution in [0.15, 0.2) is 65.8 Å². The Morgan fingerprint density at radius 2 is 1.90 bits per heavy atom. The molecule has 0 bridgehead atoms. The van der Waals surface area contributed by atoms with E-state index in [4.69, 9.17) is 21.1 Å². The number of nitrogens with zero attached hydrogens (tertiary/aromatic N) is 1. The molecule has 1 fully saturated rings. The van der Waals surface area contributed by atoms with E-state index in [-0.39, 0.29) is 29.6 Å². The van der Waals surface area contributed by atoms with Gasteiger partial charge in [0.05, 0.1) is 43.4 Å². The Hall–Kier alpha value is -4.16. The molecule has 0 unspecified atom stereocenters. The summed E-state index contributed by atoms with van der Waals surface area (Å²) < 4.78 is 52.2. The van der Waals surface area contributed by atoms with Crippen LogP contribution in [0, 0.1) is 6.92 Å². The number of anilines is 2. The smallest absolute Gasteiger partial charge is 0.416 e. The van der Waals surface area contributed by atoms with Gasteiger partial charge in [0.15, 0.2) is 0 Å². The summed E-state index contributed by atoms with van der Waals surface area (Å²) in [4.78, 5) is 13.3. The van der Waals surface area contributed by atoms with Crippen LogP contribution in [0.5, 0.6) is 5.75 Å². The van der Waals surface area contributed by atoms with Crippen LogP contribution in [0.4, 0.5) is 24.5 Å². The number of methoxy groups -OCH3 is 2. The fourth-order valence-electron chi connectivity index (χ4n) is 5.04. The molecule has 42 heavy (non-hydrogen) atoms. The SMILES string of the molecule is COC1=CC(/C(N)=C/N(N)c2cc(C(=O)Nc3cc(C(F)(F)F)cc(CNC4CCCC4)c3OC)ccc2C)=CNC1. The Balaban J connectivity index is 1.60. The molecule has 1 aliphatic carbocycles. The minimum Gasteiger partial charge on any atom is -0.499 e. The van der Waals surface area contributed by atoms with Gasteiger partial charge < -0.3 is 31.2 Å². The molecule has 1 aliphatic heterocycles. The zero-order valence-electron chi connectivity index (χ0n) is 23.9.